The van der Waals surface area contributed by atoms with Crippen LogP contribution in [0.25, 0.3) is 0 Å². The summed E-state index contributed by atoms with van der Waals surface area (Å²) in [6, 6.07) is 10.6. The van der Waals surface area contributed by atoms with Crippen molar-refractivity contribution in [3.05, 3.63) is 65.5 Å². The monoisotopic (exact) mass is 322 g/mol. The highest BCUT2D eigenvalue weighted by Gasteiger charge is 2.32. The number of benzene rings is 1. The number of hydrogen-bond acceptors (Lipinski definition) is 3. The first-order valence-corrected chi connectivity index (χ1v) is 8.53. The highest BCUT2D eigenvalue weighted by atomic mass is 16.2. The van der Waals surface area contributed by atoms with Crippen molar-refractivity contribution in [3.63, 3.8) is 0 Å². The topological polar surface area (TPSA) is 50.2 Å². The average Bonchev–Trinajstić information content (AvgIpc) is 2.85. The maximum Gasteiger partial charge on any atom is 0.246 e. The van der Waals surface area contributed by atoms with Gasteiger partial charge in [-0.05, 0) is 11.6 Å². The molecule has 5 heteroatoms. The molecular formula is C19H22N4O. The van der Waals surface area contributed by atoms with Crippen LogP contribution in [0.3, 0.4) is 0 Å². The first-order valence-electron chi connectivity index (χ1n) is 8.53. The molecule has 5 nitrogen and oxygen atoms in total. The number of aromatic nitrogens is 2. The number of nitrogens with one attached hydrogen (secondary N) is 1. The third-order valence-corrected chi connectivity index (χ3v) is 4.96. The van der Waals surface area contributed by atoms with Gasteiger partial charge in [-0.25, -0.2) is 0 Å². The van der Waals surface area contributed by atoms with Gasteiger partial charge >= 0.3 is 0 Å². The van der Waals surface area contributed by atoms with Crippen LogP contribution in [0.1, 0.15) is 28.6 Å². The Labute approximate surface area is 142 Å². The van der Waals surface area contributed by atoms with E-state index in [1.165, 1.54) is 22.9 Å². The fraction of sp³-hybridized carbons (Fsp3) is 0.368. The van der Waals surface area contributed by atoms with Crippen LogP contribution in [0.5, 0.6) is 0 Å². The summed E-state index contributed by atoms with van der Waals surface area (Å²) in [6.07, 6.45) is 3.20. The molecule has 1 amide bonds. The zero-order valence-electron chi connectivity index (χ0n) is 13.7. The Kier molecular flexibility index (Phi) is 3.94. The van der Waals surface area contributed by atoms with E-state index in [0.29, 0.717) is 13.1 Å². The zero-order chi connectivity index (χ0) is 16.5. The van der Waals surface area contributed by atoms with E-state index in [-0.39, 0.29) is 11.9 Å². The average molecular weight is 322 g/mol. The lowest BCUT2D eigenvalue weighted by Crippen LogP contribution is -2.40. The van der Waals surface area contributed by atoms with Crippen LogP contribution in [0, 0.1) is 0 Å². The molecule has 0 fully saturated rings. The first kappa shape index (κ1) is 15.1. The molecule has 1 unspecified atom stereocenters. The molecule has 2 aromatic rings. The molecule has 2 aliphatic heterocycles. The maximum absolute atomic E-state index is 12.0. The molecule has 1 aromatic carbocycles. The molecular weight excluding hydrogens is 300 g/mol. The van der Waals surface area contributed by atoms with Gasteiger partial charge in [0.1, 0.15) is 0 Å². The van der Waals surface area contributed by atoms with Crippen LogP contribution < -0.4 is 5.32 Å². The van der Waals surface area contributed by atoms with Gasteiger partial charge in [-0.15, -0.1) is 0 Å². The van der Waals surface area contributed by atoms with Crippen molar-refractivity contribution in [2.75, 3.05) is 19.6 Å². The Morgan fingerprint density at radius 3 is 2.96 bits per heavy atom. The van der Waals surface area contributed by atoms with Crippen molar-refractivity contribution in [1.29, 1.82) is 0 Å². The zero-order valence-corrected chi connectivity index (χ0v) is 13.7. The predicted octanol–water partition coefficient (Wildman–Crippen LogP) is 1.69. The fourth-order valence-corrected chi connectivity index (χ4v) is 3.81. The molecule has 124 valence electrons. The lowest BCUT2D eigenvalue weighted by Gasteiger charge is -2.28. The molecule has 1 N–H and O–H groups in total. The second-order valence-corrected chi connectivity index (χ2v) is 6.45. The molecule has 0 radical (unpaired) electrons. The van der Waals surface area contributed by atoms with Crippen molar-refractivity contribution in [3.8, 4) is 0 Å². The van der Waals surface area contributed by atoms with Gasteiger partial charge in [-0.3, -0.25) is 9.48 Å². The standard InChI is InChI=1S/C19H22N4O/c1-2-18(24)22-11-9-15-19-16(13-22)20-10-8-17(19)23(21-15)12-14-6-4-3-5-7-14/h2-7,16,20H,1,8-13H2. The quantitative estimate of drug-likeness (QED) is 0.875. The van der Waals surface area contributed by atoms with Gasteiger partial charge in [-0.1, -0.05) is 36.9 Å². The van der Waals surface area contributed by atoms with E-state index in [1.54, 1.807) is 0 Å². The van der Waals surface area contributed by atoms with E-state index < -0.39 is 0 Å². The Morgan fingerprint density at radius 1 is 1.33 bits per heavy atom. The number of nitrogens with zero attached hydrogens (tertiary/aromatic N) is 3. The second kappa shape index (κ2) is 6.24. The van der Waals surface area contributed by atoms with E-state index in [2.05, 4.69) is 40.8 Å². The van der Waals surface area contributed by atoms with Crippen LogP contribution in [0.2, 0.25) is 0 Å². The summed E-state index contributed by atoms with van der Waals surface area (Å²) in [6.45, 7) is 6.75. The van der Waals surface area contributed by atoms with Crippen molar-refractivity contribution >= 4 is 5.91 Å². The van der Waals surface area contributed by atoms with E-state index in [1.807, 2.05) is 11.0 Å². The van der Waals surface area contributed by atoms with Gasteiger partial charge in [0.2, 0.25) is 5.91 Å². The summed E-state index contributed by atoms with van der Waals surface area (Å²) in [5.74, 6) is 0.00578. The molecule has 1 aromatic heterocycles. The molecule has 4 rings (SSSR count). The Hall–Kier alpha value is -2.40. The first-order chi connectivity index (χ1) is 11.8. The molecule has 0 aliphatic carbocycles. The van der Waals surface area contributed by atoms with E-state index >= 15 is 0 Å². The summed E-state index contributed by atoms with van der Waals surface area (Å²) in [4.78, 5) is 13.9. The van der Waals surface area contributed by atoms with Gasteiger partial charge in [0.25, 0.3) is 0 Å². The summed E-state index contributed by atoms with van der Waals surface area (Å²) in [7, 11) is 0. The summed E-state index contributed by atoms with van der Waals surface area (Å²) < 4.78 is 2.17. The van der Waals surface area contributed by atoms with Crippen LogP contribution in [-0.4, -0.2) is 40.2 Å². The molecule has 2 aliphatic rings. The van der Waals surface area contributed by atoms with Gasteiger partial charge < -0.3 is 10.2 Å². The summed E-state index contributed by atoms with van der Waals surface area (Å²) in [5, 5.41) is 8.46. The van der Waals surface area contributed by atoms with Gasteiger partial charge in [0.05, 0.1) is 18.3 Å². The normalized spacial score (nSPS) is 19.5. The van der Waals surface area contributed by atoms with Crippen molar-refractivity contribution in [2.24, 2.45) is 0 Å². The number of hydrogen-bond donors (Lipinski definition) is 1. The maximum atomic E-state index is 12.0. The lowest BCUT2D eigenvalue weighted by molar-refractivity contribution is -0.126. The Morgan fingerprint density at radius 2 is 2.17 bits per heavy atom. The lowest BCUT2D eigenvalue weighted by atomic mass is 9.98. The van der Waals surface area contributed by atoms with Crippen molar-refractivity contribution in [2.45, 2.75) is 25.4 Å². The molecule has 0 saturated heterocycles. The van der Waals surface area contributed by atoms with Gasteiger partial charge in [-0.2, -0.15) is 5.10 Å². The SMILES string of the molecule is C=CC(=O)N1CCc2nn(Cc3ccccc3)c3c2C(C1)NCC3. The highest BCUT2D eigenvalue weighted by molar-refractivity contribution is 5.87. The van der Waals surface area contributed by atoms with Crippen LogP contribution in [-0.2, 0) is 24.2 Å². The fourth-order valence-electron chi connectivity index (χ4n) is 3.81. The third-order valence-electron chi connectivity index (χ3n) is 4.96. The van der Waals surface area contributed by atoms with Crippen LogP contribution in [0.15, 0.2) is 43.0 Å². The molecule has 3 heterocycles. The van der Waals surface area contributed by atoms with Crippen LogP contribution >= 0.6 is 0 Å². The van der Waals surface area contributed by atoms with Crippen molar-refractivity contribution in [1.82, 2.24) is 20.0 Å². The summed E-state index contributed by atoms with van der Waals surface area (Å²) >= 11 is 0. The second-order valence-electron chi connectivity index (χ2n) is 6.45. The molecule has 24 heavy (non-hydrogen) atoms. The smallest absolute Gasteiger partial charge is 0.246 e. The van der Waals surface area contributed by atoms with Crippen LogP contribution in [0.4, 0.5) is 0 Å². The Bertz CT molecular complexity index is 765. The largest absolute Gasteiger partial charge is 0.337 e. The number of carbonyl (C=O) groups excluding carboxylic acids is 1. The molecule has 0 bridgehead atoms. The van der Waals surface area contributed by atoms with E-state index in [9.17, 15) is 4.79 Å². The third kappa shape index (κ3) is 2.65. The molecule has 0 saturated carbocycles. The summed E-state index contributed by atoms with van der Waals surface area (Å²) in [5.41, 5.74) is 5.05. The number of carbonyl (C=O) groups is 1. The highest BCUT2D eigenvalue weighted by Crippen LogP contribution is 2.30. The Balaban J connectivity index is 1.66. The van der Waals surface area contributed by atoms with Gasteiger partial charge in [0, 0.05) is 43.7 Å². The minimum Gasteiger partial charge on any atom is -0.337 e. The minimum absolute atomic E-state index is 0.00578. The number of rotatable bonds is 3. The predicted molar refractivity (Wildman–Crippen MR) is 92.7 cm³/mol. The van der Waals surface area contributed by atoms with Gasteiger partial charge in [0.15, 0.2) is 0 Å². The molecule has 0 spiro atoms. The molecule has 1 atom stereocenters. The number of amides is 1. The van der Waals surface area contributed by atoms with E-state index in [4.69, 9.17) is 5.10 Å². The van der Waals surface area contributed by atoms with E-state index in [0.717, 1.165) is 31.6 Å². The minimum atomic E-state index is 0.00578. The van der Waals surface area contributed by atoms with Crippen molar-refractivity contribution < 1.29 is 4.79 Å².